The molecule has 116 valence electrons. The largest absolute Gasteiger partial charge is 0.348 e. The van der Waals surface area contributed by atoms with E-state index in [0.717, 1.165) is 48.4 Å². The van der Waals surface area contributed by atoms with Crippen LogP contribution < -0.4 is 0 Å². The van der Waals surface area contributed by atoms with Gasteiger partial charge in [-0.3, -0.25) is 4.79 Å². The highest BCUT2D eigenvalue weighted by atomic mass is 32.2. The molecule has 0 radical (unpaired) electrons. The van der Waals surface area contributed by atoms with Gasteiger partial charge in [0.15, 0.2) is 5.17 Å². The third kappa shape index (κ3) is 3.42. The zero-order chi connectivity index (χ0) is 15.5. The first kappa shape index (κ1) is 15.3. The van der Waals surface area contributed by atoms with Gasteiger partial charge < -0.3 is 9.80 Å². The molecular formula is C17H21N3OS. The van der Waals surface area contributed by atoms with Crippen LogP contribution in [-0.4, -0.2) is 53.6 Å². The number of amidine groups is 1. The van der Waals surface area contributed by atoms with Crippen LogP contribution >= 0.6 is 11.8 Å². The van der Waals surface area contributed by atoms with Crippen molar-refractivity contribution in [2.45, 2.75) is 13.8 Å². The quantitative estimate of drug-likeness (QED) is 0.786. The summed E-state index contributed by atoms with van der Waals surface area (Å²) in [5, 5.41) is 0.860. The van der Waals surface area contributed by atoms with Crippen LogP contribution in [0.3, 0.4) is 0 Å². The van der Waals surface area contributed by atoms with Crippen molar-refractivity contribution < 1.29 is 4.79 Å². The normalized spacial score (nSPS) is 21.5. The summed E-state index contributed by atoms with van der Waals surface area (Å²) in [6, 6.07) is 8.19. The van der Waals surface area contributed by atoms with Crippen LogP contribution in [0.1, 0.15) is 18.1 Å². The van der Waals surface area contributed by atoms with Gasteiger partial charge in [-0.2, -0.15) is 4.99 Å². The average molecular weight is 315 g/mol. The minimum Gasteiger partial charge on any atom is -0.348 e. The molecule has 2 aliphatic heterocycles. The first-order chi connectivity index (χ1) is 10.7. The van der Waals surface area contributed by atoms with Crippen molar-refractivity contribution in [3.05, 3.63) is 40.3 Å². The second-order valence-corrected chi connectivity index (χ2v) is 6.65. The van der Waals surface area contributed by atoms with E-state index in [1.807, 2.05) is 18.2 Å². The van der Waals surface area contributed by atoms with E-state index in [-0.39, 0.29) is 5.91 Å². The monoisotopic (exact) mass is 315 g/mol. The Bertz CT molecular complexity index is 613. The van der Waals surface area contributed by atoms with E-state index in [1.165, 1.54) is 17.3 Å². The molecule has 0 spiro atoms. The van der Waals surface area contributed by atoms with E-state index in [0.29, 0.717) is 0 Å². The smallest absolute Gasteiger partial charge is 0.286 e. The lowest BCUT2D eigenvalue weighted by Crippen LogP contribution is -2.47. The van der Waals surface area contributed by atoms with E-state index in [2.05, 4.69) is 40.8 Å². The number of carbonyl (C=O) groups excluding carboxylic acids is 1. The lowest BCUT2D eigenvalue weighted by Gasteiger charge is -2.34. The molecule has 1 aromatic rings. The van der Waals surface area contributed by atoms with Crippen LogP contribution in [0.2, 0.25) is 0 Å². The molecule has 1 fully saturated rings. The predicted octanol–water partition coefficient (Wildman–Crippen LogP) is 2.60. The topological polar surface area (TPSA) is 35.9 Å². The number of amides is 1. The van der Waals surface area contributed by atoms with Gasteiger partial charge in [-0.25, -0.2) is 0 Å². The van der Waals surface area contributed by atoms with Gasteiger partial charge >= 0.3 is 0 Å². The second-order valence-electron chi connectivity index (χ2n) is 5.64. The van der Waals surface area contributed by atoms with Crippen molar-refractivity contribution in [2.75, 3.05) is 32.7 Å². The third-order valence-electron chi connectivity index (χ3n) is 4.07. The average Bonchev–Trinajstić information content (AvgIpc) is 2.91. The van der Waals surface area contributed by atoms with Crippen LogP contribution in [0.25, 0.3) is 6.08 Å². The molecule has 2 heterocycles. The van der Waals surface area contributed by atoms with E-state index in [1.54, 1.807) is 0 Å². The molecule has 0 saturated carbocycles. The Hall–Kier alpha value is -1.59. The van der Waals surface area contributed by atoms with E-state index in [9.17, 15) is 4.79 Å². The molecule has 0 unspecified atom stereocenters. The van der Waals surface area contributed by atoms with Crippen LogP contribution in [0.15, 0.2) is 34.2 Å². The lowest BCUT2D eigenvalue weighted by atomic mass is 10.1. The maximum Gasteiger partial charge on any atom is 0.286 e. The van der Waals surface area contributed by atoms with Gasteiger partial charge in [-0.1, -0.05) is 36.8 Å². The fourth-order valence-electron chi connectivity index (χ4n) is 2.60. The van der Waals surface area contributed by atoms with Gasteiger partial charge in [0.2, 0.25) is 0 Å². The van der Waals surface area contributed by atoms with E-state index in [4.69, 9.17) is 0 Å². The molecule has 3 rings (SSSR count). The molecule has 1 amide bonds. The van der Waals surface area contributed by atoms with Gasteiger partial charge in [-0.05, 0) is 36.9 Å². The number of aliphatic imine (C=N–C) groups is 1. The molecule has 5 heteroatoms. The molecule has 0 bridgehead atoms. The van der Waals surface area contributed by atoms with Crippen molar-refractivity contribution in [2.24, 2.45) is 4.99 Å². The lowest BCUT2D eigenvalue weighted by molar-refractivity contribution is -0.113. The Balaban J connectivity index is 1.67. The first-order valence-corrected chi connectivity index (χ1v) is 8.54. The summed E-state index contributed by atoms with van der Waals surface area (Å²) in [6.45, 7) is 9.32. The predicted molar refractivity (Wildman–Crippen MR) is 92.9 cm³/mol. The van der Waals surface area contributed by atoms with Crippen molar-refractivity contribution in [1.29, 1.82) is 0 Å². The standard InChI is InChI=1S/C17H21N3OS/c1-3-19-8-10-20(11-9-19)17-18-16(21)15(22-17)12-14-6-4-13(2)5-7-14/h4-7,12H,3,8-11H2,1-2H3/b15-12-. The molecule has 2 aliphatic rings. The van der Waals surface area contributed by atoms with Gasteiger partial charge in [0.1, 0.15) is 0 Å². The number of nitrogens with zero attached hydrogens (tertiary/aromatic N) is 3. The molecule has 0 aromatic heterocycles. The summed E-state index contributed by atoms with van der Waals surface area (Å²) in [5.74, 6) is -0.113. The summed E-state index contributed by atoms with van der Waals surface area (Å²) in [7, 11) is 0. The van der Waals surface area contributed by atoms with E-state index >= 15 is 0 Å². The fourth-order valence-corrected chi connectivity index (χ4v) is 3.57. The maximum atomic E-state index is 12.1. The SMILES string of the molecule is CCN1CCN(C2=NC(=O)/C(=C/c3ccc(C)cc3)S2)CC1. The summed E-state index contributed by atoms with van der Waals surface area (Å²) in [6.07, 6.45) is 1.94. The van der Waals surface area contributed by atoms with Gasteiger partial charge in [0.25, 0.3) is 5.91 Å². The number of thioether (sulfide) groups is 1. The maximum absolute atomic E-state index is 12.1. The molecule has 22 heavy (non-hydrogen) atoms. The minimum absolute atomic E-state index is 0.113. The van der Waals surface area contributed by atoms with Crippen molar-refractivity contribution in [3.63, 3.8) is 0 Å². The van der Waals surface area contributed by atoms with Crippen molar-refractivity contribution in [3.8, 4) is 0 Å². The number of aryl methyl sites for hydroxylation is 1. The highest BCUT2D eigenvalue weighted by molar-refractivity contribution is 8.18. The number of hydrogen-bond donors (Lipinski definition) is 0. The number of hydrogen-bond acceptors (Lipinski definition) is 4. The summed E-state index contributed by atoms with van der Waals surface area (Å²) in [5.41, 5.74) is 2.27. The number of piperazine rings is 1. The zero-order valence-electron chi connectivity index (χ0n) is 13.1. The summed E-state index contributed by atoms with van der Waals surface area (Å²) < 4.78 is 0. The molecule has 0 N–H and O–H groups in total. The minimum atomic E-state index is -0.113. The molecule has 0 aliphatic carbocycles. The third-order valence-corrected chi connectivity index (χ3v) is 5.12. The number of likely N-dealkylation sites (N-methyl/N-ethyl adjacent to an activating group) is 1. The zero-order valence-corrected chi connectivity index (χ0v) is 13.9. The van der Waals surface area contributed by atoms with Crippen molar-refractivity contribution >= 4 is 28.9 Å². The van der Waals surface area contributed by atoms with Crippen LogP contribution in [-0.2, 0) is 4.79 Å². The Morgan fingerprint density at radius 1 is 1.18 bits per heavy atom. The Morgan fingerprint density at radius 3 is 2.50 bits per heavy atom. The molecular weight excluding hydrogens is 294 g/mol. The van der Waals surface area contributed by atoms with Crippen LogP contribution in [0.4, 0.5) is 0 Å². The van der Waals surface area contributed by atoms with Crippen LogP contribution in [0, 0.1) is 6.92 Å². The highest BCUT2D eigenvalue weighted by Gasteiger charge is 2.28. The molecule has 1 saturated heterocycles. The second kappa shape index (κ2) is 6.67. The molecule has 0 atom stereocenters. The van der Waals surface area contributed by atoms with E-state index < -0.39 is 0 Å². The van der Waals surface area contributed by atoms with Crippen molar-refractivity contribution in [1.82, 2.24) is 9.80 Å². The van der Waals surface area contributed by atoms with Crippen LogP contribution in [0.5, 0.6) is 0 Å². The first-order valence-electron chi connectivity index (χ1n) is 7.72. The number of benzene rings is 1. The van der Waals surface area contributed by atoms with Gasteiger partial charge in [0.05, 0.1) is 4.91 Å². The Kier molecular flexibility index (Phi) is 4.64. The summed E-state index contributed by atoms with van der Waals surface area (Å²) >= 11 is 1.50. The highest BCUT2D eigenvalue weighted by Crippen LogP contribution is 2.30. The summed E-state index contributed by atoms with van der Waals surface area (Å²) in [4.78, 5) is 21.7. The Labute approximate surface area is 135 Å². The molecule has 1 aromatic carbocycles. The van der Waals surface area contributed by atoms with Gasteiger partial charge in [-0.15, -0.1) is 0 Å². The number of carbonyl (C=O) groups is 1. The Morgan fingerprint density at radius 2 is 1.86 bits per heavy atom. The fraction of sp³-hybridized carbons (Fsp3) is 0.412. The number of rotatable bonds is 2. The van der Waals surface area contributed by atoms with Gasteiger partial charge in [0, 0.05) is 26.2 Å². The molecule has 4 nitrogen and oxygen atoms in total.